The largest absolute Gasteiger partial charge is 0.462 e. The number of ether oxygens (including phenoxy) is 1. The van der Waals surface area contributed by atoms with Gasteiger partial charge in [-0.1, -0.05) is 11.3 Å². The molecular formula is C17H20N2O4S2. The van der Waals surface area contributed by atoms with E-state index in [1.54, 1.807) is 16.9 Å². The predicted molar refractivity (Wildman–Crippen MR) is 98.8 cm³/mol. The number of carbonyl (C=O) groups excluding carboxylic acids is 2. The van der Waals surface area contributed by atoms with Crippen LogP contribution in [0, 0.1) is 6.92 Å². The van der Waals surface area contributed by atoms with Crippen LogP contribution in [-0.4, -0.2) is 23.1 Å². The van der Waals surface area contributed by atoms with E-state index in [2.05, 4.69) is 5.32 Å². The van der Waals surface area contributed by atoms with Crippen molar-refractivity contribution in [2.24, 2.45) is 0 Å². The van der Waals surface area contributed by atoms with Crippen LogP contribution in [0.3, 0.4) is 0 Å². The molecule has 0 radical (unpaired) electrons. The molecular weight excluding hydrogens is 360 g/mol. The number of hydrogen-bond acceptors (Lipinski definition) is 6. The van der Waals surface area contributed by atoms with Crippen molar-refractivity contribution in [2.75, 3.05) is 11.9 Å². The average molecular weight is 380 g/mol. The summed E-state index contributed by atoms with van der Waals surface area (Å²) in [4.78, 5) is 36.2. The van der Waals surface area contributed by atoms with Crippen molar-refractivity contribution in [1.82, 2.24) is 4.57 Å². The number of anilines is 1. The third-order valence-electron chi connectivity index (χ3n) is 4.11. The van der Waals surface area contributed by atoms with Crippen molar-refractivity contribution in [3.8, 4) is 0 Å². The summed E-state index contributed by atoms with van der Waals surface area (Å²) in [5.74, 6) is -0.202. The summed E-state index contributed by atoms with van der Waals surface area (Å²) < 4.78 is 6.73. The molecule has 1 fully saturated rings. The molecule has 0 unspecified atom stereocenters. The molecule has 6 nitrogen and oxygen atoms in total. The molecule has 3 rings (SSSR count). The van der Waals surface area contributed by atoms with Gasteiger partial charge < -0.3 is 14.6 Å². The highest BCUT2D eigenvalue weighted by Gasteiger charge is 2.32. The lowest BCUT2D eigenvalue weighted by atomic mass is 10.1. The van der Waals surface area contributed by atoms with Crippen LogP contribution in [-0.2, 0) is 16.1 Å². The first kappa shape index (κ1) is 17.9. The molecule has 1 saturated carbocycles. The molecule has 2 aromatic heterocycles. The molecule has 2 aromatic rings. The predicted octanol–water partition coefficient (Wildman–Crippen LogP) is 3.36. The maximum Gasteiger partial charge on any atom is 0.341 e. The summed E-state index contributed by atoms with van der Waals surface area (Å²) in [6.45, 7) is 4.23. The Morgan fingerprint density at radius 2 is 2.08 bits per heavy atom. The molecule has 0 spiro atoms. The molecule has 134 valence electrons. The minimum absolute atomic E-state index is 0.0651. The Morgan fingerprint density at radius 3 is 2.68 bits per heavy atom. The lowest BCUT2D eigenvalue weighted by Crippen LogP contribution is -2.20. The fourth-order valence-corrected chi connectivity index (χ4v) is 4.46. The lowest BCUT2D eigenvalue weighted by molar-refractivity contribution is -0.116. The number of aromatic nitrogens is 1. The summed E-state index contributed by atoms with van der Waals surface area (Å²) in [5.41, 5.74) is 2.32. The average Bonchev–Trinajstić information content (AvgIpc) is 3.26. The van der Waals surface area contributed by atoms with Crippen molar-refractivity contribution < 1.29 is 14.3 Å². The smallest absolute Gasteiger partial charge is 0.341 e. The molecule has 25 heavy (non-hydrogen) atoms. The number of esters is 1. The molecule has 1 aliphatic rings. The van der Waals surface area contributed by atoms with Crippen LogP contribution in [0.2, 0.25) is 0 Å². The summed E-state index contributed by atoms with van der Waals surface area (Å²) in [6, 6.07) is 0. The molecule has 8 heteroatoms. The van der Waals surface area contributed by atoms with Gasteiger partial charge in [-0.2, -0.15) is 0 Å². The number of rotatable bonds is 7. The first-order valence-electron chi connectivity index (χ1n) is 8.24. The second-order valence-corrected chi connectivity index (χ2v) is 7.68. The van der Waals surface area contributed by atoms with Crippen LogP contribution >= 0.6 is 22.7 Å². The maximum absolute atomic E-state index is 12.3. The van der Waals surface area contributed by atoms with Gasteiger partial charge in [-0.15, -0.1) is 11.3 Å². The number of amides is 1. The van der Waals surface area contributed by atoms with Crippen LogP contribution in [0.4, 0.5) is 5.00 Å². The number of nitrogens with one attached hydrogen (secondary N) is 1. The number of nitrogens with zero attached hydrogens (tertiary/aromatic N) is 1. The SMILES string of the molecule is CCOC(=O)c1c(C2CC2)csc1NC(=O)CCn1c(C)csc1=O. The molecule has 0 atom stereocenters. The van der Waals surface area contributed by atoms with E-state index in [0.717, 1.165) is 35.4 Å². The first-order chi connectivity index (χ1) is 12.0. The summed E-state index contributed by atoms with van der Waals surface area (Å²) in [6.07, 6.45) is 2.31. The topological polar surface area (TPSA) is 77.4 Å². The summed E-state index contributed by atoms with van der Waals surface area (Å²) in [7, 11) is 0. The molecule has 0 saturated heterocycles. The monoisotopic (exact) mass is 380 g/mol. The fraction of sp³-hybridized carbons (Fsp3) is 0.471. The van der Waals surface area contributed by atoms with Crippen molar-refractivity contribution in [2.45, 2.75) is 45.6 Å². The molecule has 0 bridgehead atoms. The Labute approximate surface area is 153 Å². The second kappa shape index (κ2) is 7.53. The van der Waals surface area contributed by atoms with Gasteiger partial charge in [0.15, 0.2) is 0 Å². The Morgan fingerprint density at radius 1 is 1.32 bits per heavy atom. The van der Waals surface area contributed by atoms with Crippen LogP contribution in [0.15, 0.2) is 15.6 Å². The van der Waals surface area contributed by atoms with E-state index in [9.17, 15) is 14.4 Å². The van der Waals surface area contributed by atoms with Gasteiger partial charge in [0.1, 0.15) is 5.00 Å². The lowest BCUT2D eigenvalue weighted by Gasteiger charge is -2.09. The Hall–Kier alpha value is -1.93. The molecule has 1 N–H and O–H groups in total. The van der Waals surface area contributed by atoms with Crippen molar-refractivity contribution in [1.29, 1.82) is 0 Å². The number of thiophene rings is 1. The van der Waals surface area contributed by atoms with Gasteiger partial charge in [0.05, 0.1) is 12.2 Å². The third kappa shape index (κ3) is 4.01. The van der Waals surface area contributed by atoms with Gasteiger partial charge in [0, 0.05) is 24.0 Å². The van der Waals surface area contributed by atoms with E-state index < -0.39 is 0 Å². The normalized spacial score (nSPS) is 13.7. The van der Waals surface area contributed by atoms with Gasteiger partial charge in [0.2, 0.25) is 5.91 Å². The summed E-state index contributed by atoms with van der Waals surface area (Å²) in [5, 5.41) is 7.08. The van der Waals surface area contributed by atoms with E-state index in [1.807, 2.05) is 12.3 Å². The van der Waals surface area contributed by atoms with E-state index in [1.165, 1.54) is 11.3 Å². The first-order valence-corrected chi connectivity index (χ1v) is 10.0. The van der Waals surface area contributed by atoms with Crippen molar-refractivity contribution in [3.05, 3.63) is 37.2 Å². The van der Waals surface area contributed by atoms with Gasteiger partial charge >= 0.3 is 10.8 Å². The van der Waals surface area contributed by atoms with Gasteiger partial charge in [-0.25, -0.2) is 4.79 Å². The van der Waals surface area contributed by atoms with Crippen LogP contribution in [0.25, 0.3) is 0 Å². The standard InChI is InChI=1S/C17H20N2O4S2/c1-3-23-16(21)14-12(11-4-5-11)9-24-15(14)18-13(20)6-7-19-10(2)8-25-17(19)22/h8-9,11H,3-7H2,1-2H3,(H,18,20). The maximum atomic E-state index is 12.3. The Bertz CT molecular complexity index is 845. The third-order valence-corrected chi connectivity index (χ3v) is 5.90. The minimum Gasteiger partial charge on any atom is -0.462 e. The highest BCUT2D eigenvalue weighted by molar-refractivity contribution is 7.15. The van der Waals surface area contributed by atoms with E-state index in [4.69, 9.17) is 4.74 Å². The van der Waals surface area contributed by atoms with Gasteiger partial charge in [0.25, 0.3) is 0 Å². The zero-order valence-corrected chi connectivity index (χ0v) is 15.8. The minimum atomic E-state index is -0.383. The quantitative estimate of drug-likeness (QED) is 0.747. The zero-order valence-electron chi connectivity index (χ0n) is 14.2. The molecule has 0 aromatic carbocycles. The molecule has 1 amide bonds. The molecule has 2 heterocycles. The van der Waals surface area contributed by atoms with Crippen LogP contribution < -0.4 is 10.2 Å². The number of hydrogen-bond donors (Lipinski definition) is 1. The Kier molecular flexibility index (Phi) is 5.39. The van der Waals surface area contributed by atoms with Gasteiger partial charge in [-0.05, 0) is 43.6 Å². The van der Waals surface area contributed by atoms with E-state index in [-0.39, 0.29) is 23.2 Å². The van der Waals surface area contributed by atoms with Crippen molar-refractivity contribution in [3.63, 3.8) is 0 Å². The Balaban J connectivity index is 1.70. The number of carbonyl (C=O) groups is 2. The highest BCUT2D eigenvalue weighted by Crippen LogP contribution is 2.46. The molecule has 0 aliphatic heterocycles. The fourth-order valence-electron chi connectivity index (χ4n) is 2.65. The second-order valence-electron chi connectivity index (χ2n) is 5.98. The number of aryl methyl sites for hydroxylation is 1. The molecule has 1 aliphatic carbocycles. The zero-order chi connectivity index (χ0) is 18.0. The van der Waals surface area contributed by atoms with E-state index in [0.29, 0.717) is 29.6 Å². The van der Waals surface area contributed by atoms with Crippen LogP contribution in [0.1, 0.15) is 53.7 Å². The van der Waals surface area contributed by atoms with Crippen molar-refractivity contribution >= 4 is 39.6 Å². The summed E-state index contributed by atoms with van der Waals surface area (Å²) >= 11 is 2.49. The van der Waals surface area contributed by atoms with Crippen LogP contribution in [0.5, 0.6) is 0 Å². The van der Waals surface area contributed by atoms with Gasteiger partial charge in [-0.3, -0.25) is 9.59 Å². The van der Waals surface area contributed by atoms with E-state index >= 15 is 0 Å². The number of thiazole rings is 1. The highest BCUT2D eigenvalue weighted by atomic mass is 32.1.